The number of aryl methyl sites for hydroxylation is 1. The molecule has 6 nitrogen and oxygen atoms in total. The lowest BCUT2D eigenvalue weighted by atomic mass is 9.70. The number of carbonyl (C=O) groups is 1. The predicted octanol–water partition coefficient (Wildman–Crippen LogP) is 7.05. The highest BCUT2D eigenvalue weighted by molar-refractivity contribution is 7.84. The fourth-order valence-corrected chi connectivity index (χ4v) is 7.99. The molecule has 5 rings (SSSR count). The lowest BCUT2D eigenvalue weighted by Gasteiger charge is -2.41. The molecule has 1 fully saturated rings. The van der Waals surface area contributed by atoms with Crippen LogP contribution in [0.1, 0.15) is 99.0 Å². The van der Waals surface area contributed by atoms with E-state index in [1.165, 1.54) is 43.2 Å². The molecular weight excluding hydrogens is 556 g/mol. The second kappa shape index (κ2) is 15.4. The van der Waals surface area contributed by atoms with Gasteiger partial charge < -0.3 is 14.7 Å². The molecule has 0 spiro atoms. The molecule has 2 bridgehead atoms. The average molecular weight is 603 g/mol. The molecule has 0 aromatic heterocycles. The van der Waals surface area contributed by atoms with E-state index in [0.717, 1.165) is 74.7 Å². The number of rotatable bonds is 4. The van der Waals surface area contributed by atoms with Crippen molar-refractivity contribution >= 4 is 34.2 Å². The third-order valence-corrected chi connectivity index (χ3v) is 10.9. The van der Waals surface area contributed by atoms with Crippen LogP contribution < -0.4 is 14.4 Å². The largest absolute Gasteiger partial charge is 0.491 e. The highest BCUT2D eigenvalue weighted by atomic mass is 35.5. The summed E-state index contributed by atoms with van der Waals surface area (Å²) < 4.78 is 22.3. The van der Waals surface area contributed by atoms with Crippen molar-refractivity contribution in [2.45, 2.75) is 89.2 Å². The van der Waals surface area contributed by atoms with Crippen molar-refractivity contribution in [2.75, 3.05) is 31.7 Å². The van der Waals surface area contributed by atoms with Crippen LogP contribution in [0.5, 0.6) is 5.75 Å². The first-order valence-corrected chi connectivity index (χ1v) is 17.0. The van der Waals surface area contributed by atoms with Gasteiger partial charge in [0.15, 0.2) is 0 Å². The maximum absolute atomic E-state index is 13.2. The number of hydrogen-bond donors (Lipinski definition) is 2. The van der Waals surface area contributed by atoms with Gasteiger partial charge in [-0.3, -0.25) is 9.52 Å². The molecule has 3 aliphatic rings. The maximum atomic E-state index is 13.2. The van der Waals surface area contributed by atoms with Crippen LogP contribution >= 0.6 is 11.6 Å². The number of anilines is 1. The van der Waals surface area contributed by atoms with E-state index < -0.39 is 11.0 Å². The molecule has 5 atom stereocenters. The number of carbonyl (C=O) groups excluding carboxylic acids is 1. The van der Waals surface area contributed by atoms with Crippen LogP contribution in [0, 0.1) is 11.8 Å². The Morgan fingerprint density at radius 2 is 1.78 bits per heavy atom. The molecule has 1 aliphatic carbocycles. The number of benzene rings is 2. The van der Waals surface area contributed by atoms with Gasteiger partial charge in [0.1, 0.15) is 16.7 Å². The summed E-state index contributed by atoms with van der Waals surface area (Å²) in [5.74, 6) is 2.18. The van der Waals surface area contributed by atoms with Gasteiger partial charge >= 0.3 is 0 Å². The molecule has 1 amide bonds. The Labute approximate surface area is 253 Å². The van der Waals surface area contributed by atoms with E-state index in [-0.39, 0.29) is 17.1 Å². The van der Waals surface area contributed by atoms with E-state index in [4.69, 9.17) is 21.4 Å². The summed E-state index contributed by atoms with van der Waals surface area (Å²) in [6.07, 6.45) is 11.1. The molecule has 41 heavy (non-hydrogen) atoms. The van der Waals surface area contributed by atoms with Crippen LogP contribution in [-0.2, 0) is 17.4 Å². The van der Waals surface area contributed by atoms with Gasteiger partial charge in [0.25, 0.3) is 5.91 Å². The number of ether oxygens (including phenoxy) is 1. The van der Waals surface area contributed by atoms with E-state index in [9.17, 15) is 9.00 Å². The van der Waals surface area contributed by atoms with Crippen molar-refractivity contribution in [3.63, 3.8) is 0 Å². The van der Waals surface area contributed by atoms with Gasteiger partial charge in [0.2, 0.25) is 0 Å². The standard InChI is InChI=1S/C32H43ClN2O3S.CH4O/c1-3-8-23-17-27(33)14-15-29(23)26-20-35-19-25-12-11-22(25)9-6-5-7-10-28(4-2)39(37)34-32(36)24-13-16-31(38-21-26)30(35)18-24;1-2/h13-18,22,25-26,28H,3-12,19-21H2,1-2H3,(H,34,36);2H,1H3. The van der Waals surface area contributed by atoms with Crippen LogP contribution in [0.3, 0.4) is 0 Å². The minimum Gasteiger partial charge on any atom is -0.491 e. The van der Waals surface area contributed by atoms with Gasteiger partial charge in [0, 0.05) is 36.7 Å². The van der Waals surface area contributed by atoms with E-state index >= 15 is 0 Å². The molecule has 1 saturated carbocycles. The van der Waals surface area contributed by atoms with Crippen molar-refractivity contribution < 1.29 is 18.8 Å². The molecule has 2 aliphatic heterocycles. The van der Waals surface area contributed by atoms with E-state index in [1.54, 1.807) is 0 Å². The zero-order chi connectivity index (χ0) is 29.4. The van der Waals surface area contributed by atoms with Crippen molar-refractivity contribution in [2.24, 2.45) is 11.8 Å². The van der Waals surface area contributed by atoms with Gasteiger partial charge in [-0.15, -0.1) is 0 Å². The number of nitrogens with one attached hydrogen (secondary N) is 1. The Morgan fingerprint density at radius 3 is 2.51 bits per heavy atom. The summed E-state index contributed by atoms with van der Waals surface area (Å²) in [6, 6.07) is 12.0. The van der Waals surface area contributed by atoms with Crippen molar-refractivity contribution in [3.05, 3.63) is 58.1 Å². The third kappa shape index (κ3) is 7.85. The number of fused-ring (bicyclic) bond motifs is 2. The van der Waals surface area contributed by atoms with E-state index in [2.05, 4.69) is 35.6 Å². The molecule has 8 heteroatoms. The molecule has 0 radical (unpaired) electrons. The number of aliphatic hydroxyl groups excluding tert-OH is 1. The Morgan fingerprint density at radius 1 is 1.00 bits per heavy atom. The molecule has 226 valence electrons. The van der Waals surface area contributed by atoms with E-state index in [0.29, 0.717) is 18.1 Å². The molecule has 2 N–H and O–H groups in total. The summed E-state index contributed by atoms with van der Waals surface area (Å²) in [4.78, 5) is 15.7. The number of aliphatic hydroxyl groups is 1. The highest BCUT2D eigenvalue weighted by Crippen LogP contribution is 2.43. The third-order valence-electron chi connectivity index (χ3n) is 9.09. The lowest BCUT2D eigenvalue weighted by Crippen LogP contribution is -2.40. The fourth-order valence-electron chi connectivity index (χ4n) is 6.65. The van der Waals surface area contributed by atoms with Crippen molar-refractivity contribution in [1.82, 2.24) is 4.72 Å². The summed E-state index contributed by atoms with van der Waals surface area (Å²) in [5, 5.41) is 7.78. The van der Waals surface area contributed by atoms with Crippen molar-refractivity contribution in [1.29, 1.82) is 0 Å². The molecule has 2 aromatic carbocycles. The zero-order valence-corrected chi connectivity index (χ0v) is 26.4. The monoisotopic (exact) mass is 602 g/mol. The first-order valence-electron chi connectivity index (χ1n) is 15.4. The topological polar surface area (TPSA) is 78.9 Å². The van der Waals surface area contributed by atoms with Gasteiger partial charge in [-0.1, -0.05) is 63.6 Å². The Hall–Kier alpha value is -2.09. The SMILES string of the molecule is CCCc1cc(Cl)ccc1C1COc2ccc3cc2N(C1)CC1CCC1CCCCCC(CC)S(=O)NC3=O.CO. The number of hydrogen-bond acceptors (Lipinski definition) is 5. The normalized spacial score (nSPS) is 26.7. The number of halogens is 1. The summed E-state index contributed by atoms with van der Waals surface area (Å²) in [5.41, 5.74) is 4.13. The Balaban J connectivity index is 0.00000189. The lowest BCUT2D eigenvalue weighted by molar-refractivity contribution is 0.0982. The minimum atomic E-state index is -1.39. The van der Waals surface area contributed by atoms with E-state index in [1.807, 2.05) is 24.3 Å². The van der Waals surface area contributed by atoms with Crippen LogP contribution in [0.15, 0.2) is 36.4 Å². The van der Waals surface area contributed by atoms with Crippen LogP contribution in [-0.4, -0.2) is 47.3 Å². The quantitative estimate of drug-likeness (QED) is 0.392. The first-order chi connectivity index (χ1) is 20.0. The number of amides is 1. The van der Waals surface area contributed by atoms with Crippen LogP contribution in [0.25, 0.3) is 0 Å². The predicted molar refractivity (Wildman–Crippen MR) is 169 cm³/mol. The van der Waals surface area contributed by atoms with Gasteiger partial charge in [-0.2, -0.15) is 0 Å². The smallest absolute Gasteiger partial charge is 0.263 e. The molecular formula is C33H47ClN2O4S. The molecule has 2 aromatic rings. The highest BCUT2D eigenvalue weighted by Gasteiger charge is 2.35. The van der Waals surface area contributed by atoms with Crippen LogP contribution in [0.2, 0.25) is 5.02 Å². The maximum Gasteiger partial charge on any atom is 0.263 e. The Bertz CT molecular complexity index is 1190. The van der Waals surface area contributed by atoms with Gasteiger partial charge in [-0.25, -0.2) is 4.21 Å². The van der Waals surface area contributed by atoms with Gasteiger partial charge in [-0.05, 0) is 85.4 Å². The van der Waals surface area contributed by atoms with Crippen LogP contribution in [0.4, 0.5) is 5.69 Å². The second-order valence-corrected chi connectivity index (χ2v) is 13.6. The molecule has 5 unspecified atom stereocenters. The van der Waals surface area contributed by atoms with Crippen molar-refractivity contribution in [3.8, 4) is 5.75 Å². The zero-order valence-electron chi connectivity index (χ0n) is 24.9. The molecule has 0 saturated heterocycles. The first kappa shape index (κ1) is 31.8. The van der Waals surface area contributed by atoms with Gasteiger partial charge in [0.05, 0.1) is 17.5 Å². The molecule has 2 heterocycles. The summed E-state index contributed by atoms with van der Waals surface area (Å²) >= 11 is 6.39. The average Bonchev–Trinajstić information content (AvgIpc) is 3.14. The summed E-state index contributed by atoms with van der Waals surface area (Å²) in [7, 11) is -0.390. The minimum absolute atomic E-state index is 0.00332. The second-order valence-electron chi connectivity index (χ2n) is 11.7. The Kier molecular flexibility index (Phi) is 12.0. The number of nitrogens with zero attached hydrogens (tertiary/aromatic N) is 1. The fraction of sp³-hybridized carbons (Fsp3) is 0.606. The summed E-state index contributed by atoms with van der Waals surface area (Å²) in [6.45, 7) is 6.66.